The van der Waals surface area contributed by atoms with E-state index in [1.54, 1.807) is 7.11 Å². The highest BCUT2D eigenvalue weighted by atomic mass is 16.7. The first-order valence-corrected chi connectivity index (χ1v) is 4.97. The van der Waals surface area contributed by atoms with Crippen LogP contribution >= 0.6 is 0 Å². The van der Waals surface area contributed by atoms with E-state index in [9.17, 15) is 0 Å². The Balaban J connectivity index is 2.82. The van der Waals surface area contributed by atoms with E-state index in [1.807, 2.05) is 26.0 Å². The van der Waals surface area contributed by atoms with E-state index in [0.717, 1.165) is 17.1 Å². The van der Waals surface area contributed by atoms with Crippen LogP contribution in [0.1, 0.15) is 18.3 Å². The fourth-order valence-electron chi connectivity index (χ4n) is 1.30. The number of rotatable bonds is 5. The van der Waals surface area contributed by atoms with Crippen molar-refractivity contribution in [3.8, 4) is 5.75 Å². The highest BCUT2D eigenvalue weighted by Crippen LogP contribution is 2.18. The van der Waals surface area contributed by atoms with Crippen LogP contribution in [0.5, 0.6) is 5.75 Å². The molecule has 15 heavy (non-hydrogen) atoms. The molecule has 0 saturated heterocycles. The number of pyridine rings is 1. The summed E-state index contributed by atoms with van der Waals surface area (Å²) in [4.78, 5) is 4.41. The summed E-state index contributed by atoms with van der Waals surface area (Å²) in [6.45, 7) is 4.13. The molecular formula is C11H18N2O2. The molecule has 0 radical (unpaired) electrons. The van der Waals surface area contributed by atoms with Crippen LogP contribution in [0.15, 0.2) is 12.1 Å². The Bertz CT molecular complexity index is 313. The smallest absolute Gasteiger partial charge is 0.188 e. The molecule has 0 aliphatic heterocycles. The Morgan fingerprint density at radius 2 is 2.20 bits per heavy atom. The average molecular weight is 210 g/mol. The molecule has 0 spiro atoms. The van der Waals surface area contributed by atoms with Crippen molar-refractivity contribution in [3.63, 3.8) is 0 Å². The van der Waals surface area contributed by atoms with E-state index in [2.05, 4.69) is 4.98 Å². The first-order chi connectivity index (χ1) is 7.13. The van der Waals surface area contributed by atoms with Gasteiger partial charge in [-0.25, -0.2) is 0 Å². The molecule has 84 valence electrons. The standard InChI is InChI=1S/C11H18N2O2/c1-8(12)6-10-11(15-7-14-3)5-4-9(2)13-10/h4-5,8H,6-7,12H2,1-3H3. The van der Waals surface area contributed by atoms with Gasteiger partial charge < -0.3 is 15.2 Å². The minimum atomic E-state index is 0.0733. The molecule has 1 aromatic rings. The monoisotopic (exact) mass is 210 g/mol. The summed E-state index contributed by atoms with van der Waals surface area (Å²) < 4.78 is 10.3. The number of nitrogens with zero attached hydrogens (tertiary/aromatic N) is 1. The van der Waals surface area contributed by atoms with Crippen molar-refractivity contribution in [2.45, 2.75) is 26.3 Å². The van der Waals surface area contributed by atoms with Gasteiger partial charge >= 0.3 is 0 Å². The van der Waals surface area contributed by atoms with Crippen LogP contribution in [-0.4, -0.2) is 24.9 Å². The van der Waals surface area contributed by atoms with Gasteiger partial charge in [0.25, 0.3) is 0 Å². The molecule has 0 amide bonds. The van der Waals surface area contributed by atoms with E-state index < -0.39 is 0 Å². The molecule has 0 fully saturated rings. The minimum absolute atomic E-state index is 0.0733. The molecule has 4 nitrogen and oxygen atoms in total. The Morgan fingerprint density at radius 3 is 2.80 bits per heavy atom. The fourth-order valence-corrected chi connectivity index (χ4v) is 1.30. The maximum atomic E-state index is 5.75. The second kappa shape index (κ2) is 5.68. The predicted octanol–water partition coefficient (Wildman–Crippen LogP) is 1.26. The van der Waals surface area contributed by atoms with Crippen LogP contribution in [-0.2, 0) is 11.2 Å². The SMILES string of the molecule is COCOc1ccc(C)nc1CC(C)N. The molecule has 1 aromatic heterocycles. The van der Waals surface area contributed by atoms with E-state index in [1.165, 1.54) is 0 Å². The van der Waals surface area contributed by atoms with Gasteiger partial charge in [0, 0.05) is 25.3 Å². The van der Waals surface area contributed by atoms with Gasteiger partial charge in [-0.05, 0) is 26.0 Å². The third kappa shape index (κ3) is 3.85. The lowest BCUT2D eigenvalue weighted by molar-refractivity contribution is 0.0500. The lowest BCUT2D eigenvalue weighted by atomic mass is 10.1. The molecule has 1 heterocycles. The molecule has 1 atom stereocenters. The number of aromatic nitrogens is 1. The molecule has 1 rings (SSSR count). The first-order valence-electron chi connectivity index (χ1n) is 4.97. The van der Waals surface area contributed by atoms with Crippen LogP contribution in [0.3, 0.4) is 0 Å². The van der Waals surface area contributed by atoms with Crippen molar-refractivity contribution in [2.24, 2.45) is 5.73 Å². The summed E-state index contributed by atoms with van der Waals surface area (Å²) in [7, 11) is 1.59. The van der Waals surface area contributed by atoms with E-state index >= 15 is 0 Å². The van der Waals surface area contributed by atoms with E-state index in [-0.39, 0.29) is 12.8 Å². The third-order valence-electron chi connectivity index (χ3n) is 1.92. The van der Waals surface area contributed by atoms with Gasteiger partial charge in [0.05, 0.1) is 5.69 Å². The van der Waals surface area contributed by atoms with Crippen LogP contribution < -0.4 is 10.5 Å². The van der Waals surface area contributed by atoms with Gasteiger partial charge in [-0.2, -0.15) is 0 Å². The van der Waals surface area contributed by atoms with Crippen molar-refractivity contribution in [2.75, 3.05) is 13.9 Å². The fraction of sp³-hybridized carbons (Fsp3) is 0.545. The lowest BCUT2D eigenvalue weighted by Crippen LogP contribution is -2.19. The van der Waals surface area contributed by atoms with E-state index in [0.29, 0.717) is 6.42 Å². The molecule has 0 aliphatic carbocycles. The quantitative estimate of drug-likeness (QED) is 0.743. The topological polar surface area (TPSA) is 57.4 Å². The number of aryl methyl sites for hydroxylation is 1. The summed E-state index contributed by atoms with van der Waals surface area (Å²) in [5, 5.41) is 0. The number of nitrogens with two attached hydrogens (primary N) is 1. The van der Waals surface area contributed by atoms with Gasteiger partial charge in [-0.15, -0.1) is 0 Å². The highest BCUT2D eigenvalue weighted by Gasteiger charge is 2.08. The van der Waals surface area contributed by atoms with Crippen LogP contribution in [0.4, 0.5) is 0 Å². The minimum Gasteiger partial charge on any atom is -0.466 e. The second-order valence-electron chi connectivity index (χ2n) is 3.63. The molecule has 0 bridgehead atoms. The second-order valence-corrected chi connectivity index (χ2v) is 3.63. The van der Waals surface area contributed by atoms with Crippen LogP contribution in [0, 0.1) is 6.92 Å². The molecule has 1 unspecified atom stereocenters. The number of ether oxygens (including phenoxy) is 2. The predicted molar refractivity (Wildman–Crippen MR) is 58.8 cm³/mol. The molecule has 0 saturated carbocycles. The molecule has 2 N–H and O–H groups in total. The highest BCUT2D eigenvalue weighted by molar-refractivity contribution is 5.29. The number of hydrogen-bond donors (Lipinski definition) is 1. The van der Waals surface area contributed by atoms with E-state index in [4.69, 9.17) is 15.2 Å². The van der Waals surface area contributed by atoms with Crippen molar-refractivity contribution in [1.29, 1.82) is 0 Å². The van der Waals surface area contributed by atoms with Crippen LogP contribution in [0.2, 0.25) is 0 Å². The molecule has 0 aliphatic rings. The van der Waals surface area contributed by atoms with Gasteiger partial charge in [-0.1, -0.05) is 0 Å². The zero-order valence-electron chi connectivity index (χ0n) is 9.49. The lowest BCUT2D eigenvalue weighted by Gasteiger charge is -2.12. The van der Waals surface area contributed by atoms with Crippen molar-refractivity contribution >= 4 is 0 Å². The summed E-state index contributed by atoms with van der Waals surface area (Å²) in [6, 6.07) is 3.89. The molecule has 0 aromatic carbocycles. The molecule has 4 heteroatoms. The zero-order chi connectivity index (χ0) is 11.3. The van der Waals surface area contributed by atoms with Gasteiger partial charge in [0.2, 0.25) is 0 Å². The van der Waals surface area contributed by atoms with Gasteiger partial charge in [0.1, 0.15) is 5.75 Å². The Kier molecular flexibility index (Phi) is 4.52. The summed E-state index contributed by atoms with van der Waals surface area (Å²) in [6.07, 6.45) is 0.709. The van der Waals surface area contributed by atoms with Gasteiger partial charge in [0.15, 0.2) is 6.79 Å². The maximum absolute atomic E-state index is 5.75. The van der Waals surface area contributed by atoms with Gasteiger partial charge in [-0.3, -0.25) is 4.98 Å². The van der Waals surface area contributed by atoms with Crippen molar-refractivity contribution in [1.82, 2.24) is 4.98 Å². The first kappa shape index (κ1) is 11.9. The summed E-state index contributed by atoms with van der Waals surface area (Å²) in [5.41, 5.74) is 7.60. The van der Waals surface area contributed by atoms with Crippen molar-refractivity contribution < 1.29 is 9.47 Å². The summed E-state index contributed by atoms with van der Waals surface area (Å²) >= 11 is 0. The average Bonchev–Trinajstić information content (AvgIpc) is 2.16. The largest absolute Gasteiger partial charge is 0.466 e. The van der Waals surface area contributed by atoms with Crippen LogP contribution in [0.25, 0.3) is 0 Å². The maximum Gasteiger partial charge on any atom is 0.188 e. The molecular weight excluding hydrogens is 192 g/mol. The number of hydrogen-bond acceptors (Lipinski definition) is 4. The normalized spacial score (nSPS) is 12.5. The Labute approximate surface area is 90.4 Å². The number of methoxy groups -OCH3 is 1. The summed E-state index contributed by atoms with van der Waals surface area (Å²) in [5.74, 6) is 0.750. The Hall–Kier alpha value is -1.13. The third-order valence-corrected chi connectivity index (χ3v) is 1.92. The Morgan fingerprint density at radius 1 is 1.47 bits per heavy atom. The van der Waals surface area contributed by atoms with Crippen molar-refractivity contribution in [3.05, 3.63) is 23.5 Å². The zero-order valence-corrected chi connectivity index (χ0v) is 9.49.